The lowest BCUT2D eigenvalue weighted by Crippen LogP contribution is -2.28. The molecule has 1 fully saturated rings. The standard InChI is InChI=1S/C15H19N3O2.ClH/c1-2-8-17-15(20)12-5-3-4-6-13(12)18-14(19)11-7-9-16-10-11;/h2-6,11,16H,1,7-10H2,(H,17,20)(H,18,19);1H. The molecule has 5 nitrogen and oxygen atoms in total. The third kappa shape index (κ3) is 4.58. The van der Waals surface area contributed by atoms with Crippen LogP contribution >= 0.6 is 12.4 Å². The largest absolute Gasteiger partial charge is 0.349 e. The van der Waals surface area contributed by atoms with Crippen LogP contribution in [0.2, 0.25) is 0 Å². The van der Waals surface area contributed by atoms with E-state index in [0.29, 0.717) is 24.3 Å². The molecule has 0 aromatic heterocycles. The van der Waals surface area contributed by atoms with E-state index in [1.54, 1.807) is 30.3 Å². The van der Waals surface area contributed by atoms with Gasteiger partial charge in [-0.25, -0.2) is 0 Å². The van der Waals surface area contributed by atoms with Crippen molar-refractivity contribution in [3.05, 3.63) is 42.5 Å². The average molecular weight is 310 g/mol. The zero-order valence-corrected chi connectivity index (χ0v) is 12.5. The number of hydrogen-bond donors (Lipinski definition) is 3. The van der Waals surface area contributed by atoms with E-state index < -0.39 is 0 Å². The zero-order chi connectivity index (χ0) is 14.4. The van der Waals surface area contributed by atoms with Crippen molar-refractivity contribution in [1.82, 2.24) is 10.6 Å². The number of nitrogens with one attached hydrogen (secondary N) is 3. The molecule has 0 radical (unpaired) electrons. The van der Waals surface area contributed by atoms with Crippen LogP contribution in [-0.2, 0) is 4.79 Å². The molecule has 1 unspecified atom stereocenters. The van der Waals surface area contributed by atoms with Gasteiger partial charge in [-0.15, -0.1) is 19.0 Å². The Morgan fingerprint density at radius 1 is 1.38 bits per heavy atom. The van der Waals surface area contributed by atoms with Crippen LogP contribution < -0.4 is 16.0 Å². The molecule has 2 rings (SSSR count). The van der Waals surface area contributed by atoms with Gasteiger partial charge in [0.1, 0.15) is 0 Å². The van der Waals surface area contributed by atoms with Crippen LogP contribution in [0.1, 0.15) is 16.8 Å². The van der Waals surface area contributed by atoms with Crippen LogP contribution in [0.15, 0.2) is 36.9 Å². The van der Waals surface area contributed by atoms with Crippen molar-refractivity contribution in [2.45, 2.75) is 6.42 Å². The maximum Gasteiger partial charge on any atom is 0.253 e. The van der Waals surface area contributed by atoms with E-state index in [1.165, 1.54) is 0 Å². The van der Waals surface area contributed by atoms with Crippen molar-refractivity contribution in [2.24, 2.45) is 5.92 Å². The average Bonchev–Trinajstić information content (AvgIpc) is 2.99. The van der Waals surface area contributed by atoms with Gasteiger partial charge in [-0.3, -0.25) is 9.59 Å². The summed E-state index contributed by atoms with van der Waals surface area (Å²) in [6.07, 6.45) is 2.44. The Morgan fingerprint density at radius 3 is 2.81 bits per heavy atom. The predicted octanol–water partition coefficient (Wildman–Crippen LogP) is 1.57. The molecule has 1 aromatic rings. The third-order valence-corrected chi connectivity index (χ3v) is 3.27. The number of anilines is 1. The second-order valence-corrected chi connectivity index (χ2v) is 4.72. The molecule has 1 atom stereocenters. The summed E-state index contributed by atoms with van der Waals surface area (Å²) in [5, 5.41) is 8.71. The molecule has 1 aromatic carbocycles. The number of halogens is 1. The van der Waals surface area contributed by atoms with Crippen LogP contribution in [0.5, 0.6) is 0 Å². The van der Waals surface area contributed by atoms with Crippen LogP contribution in [-0.4, -0.2) is 31.4 Å². The molecule has 6 heteroatoms. The molecule has 0 spiro atoms. The molecule has 21 heavy (non-hydrogen) atoms. The molecule has 0 saturated carbocycles. The summed E-state index contributed by atoms with van der Waals surface area (Å²) < 4.78 is 0. The summed E-state index contributed by atoms with van der Waals surface area (Å²) in [5.74, 6) is -0.288. The summed E-state index contributed by atoms with van der Waals surface area (Å²) in [6, 6.07) is 7.01. The van der Waals surface area contributed by atoms with E-state index in [-0.39, 0.29) is 30.1 Å². The van der Waals surface area contributed by atoms with Crippen molar-refractivity contribution < 1.29 is 9.59 Å². The Hall–Kier alpha value is -1.85. The fraction of sp³-hybridized carbons (Fsp3) is 0.333. The smallest absolute Gasteiger partial charge is 0.253 e. The maximum absolute atomic E-state index is 12.1. The Bertz CT molecular complexity index is 513. The number of hydrogen-bond acceptors (Lipinski definition) is 3. The number of carbonyl (C=O) groups excluding carboxylic acids is 2. The van der Waals surface area contributed by atoms with Crippen LogP contribution in [0.3, 0.4) is 0 Å². The van der Waals surface area contributed by atoms with Crippen LogP contribution in [0.4, 0.5) is 5.69 Å². The van der Waals surface area contributed by atoms with Gasteiger partial charge in [-0.2, -0.15) is 0 Å². The molecular formula is C15H20ClN3O2. The lowest BCUT2D eigenvalue weighted by atomic mass is 10.1. The van der Waals surface area contributed by atoms with Crippen LogP contribution in [0.25, 0.3) is 0 Å². The molecule has 114 valence electrons. The number of benzene rings is 1. The summed E-state index contributed by atoms with van der Waals surface area (Å²) in [6.45, 7) is 5.51. The minimum atomic E-state index is -0.217. The number of amides is 2. The highest BCUT2D eigenvalue weighted by atomic mass is 35.5. The van der Waals surface area contributed by atoms with E-state index in [9.17, 15) is 9.59 Å². The number of para-hydroxylation sites is 1. The Labute approximate surface area is 130 Å². The second kappa shape index (κ2) is 8.44. The van der Waals surface area contributed by atoms with Crippen molar-refractivity contribution in [3.8, 4) is 0 Å². The lowest BCUT2D eigenvalue weighted by molar-refractivity contribution is -0.119. The van der Waals surface area contributed by atoms with Crippen molar-refractivity contribution in [3.63, 3.8) is 0 Å². The highest BCUT2D eigenvalue weighted by molar-refractivity contribution is 6.04. The van der Waals surface area contributed by atoms with Crippen molar-refractivity contribution in [1.29, 1.82) is 0 Å². The first-order valence-electron chi connectivity index (χ1n) is 6.72. The molecule has 0 bridgehead atoms. The Kier molecular flexibility index (Phi) is 6.91. The monoisotopic (exact) mass is 309 g/mol. The van der Waals surface area contributed by atoms with Gasteiger partial charge in [0.15, 0.2) is 0 Å². The van der Waals surface area contributed by atoms with Gasteiger partial charge in [0.2, 0.25) is 5.91 Å². The lowest BCUT2D eigenvalue weighted by Gasteiger charge is -2.13. The van der Waals surface area contributed by atoms with Gasteiger partial charge in [0.25, 0.3) is 5.91 Å². The normalized spacial score (nSPS) is 16.7. The molecule has 1 aliphatic heterocycles. The minimum absolute atomic E-state index is 0. The SMILES string of the molecule is C=CCNC(=O)c1ccccc1NC(=O)C1CCNC1.Cl. The van der Waals surface area contributed by atoms with Gasteiger partial charge in [0, 0.05) is 13.1 Å². The molecule has 2 amide bonds. The van der Waals surface area contributed by atoms with E-state index in [4.69, 9.17) is 0 Å². The highest BCUT2D eigenvalue weighted by Gasteiger charge is 2.23. The Morgan fingerprint density at radius 2 is 2.14 bits per heavy atom. The summed E-state index contributed by atoms with van der Waals surface area (Å²) >= 11 is 0. The molecule has 1 heterocycles. The first kappa shape index (κ1) is 17.2. The summed E-state index contributed by atoms with van der Waals surface area (Å²) in [7, 11) is 0. The van der Waals surface area contributed by atoms with Crippen molar-refractivity contribution >= 4 is 29.9 Å². The quantitative estimate of drug-likeness (QED) is 0.723. The van der Waals surface area contributed by atoms with E-state index in [2.05, 4.69) is 22.5 Å². The van der Waals surface area contributed by atoms with Gasteiger partial charge < -0.3 is 16.0 Å². The fourth-order valence-corrected chi connectivity index (χ4v) is 2.16. The van der Waals surface area contributed by atoms with E-state index in [1.807, 2.05) is 0 Å². The molecule has 1 saturated heterocycles. The third-order valence-electron chi connectivity index (χ3n) is 3.27. The highest BCUT2D eigenvalue weighted by Crippen LogP contribution is 2.17. The van der Waals surface area contributed by atoms with Gasteiger partial charge >= 0.3 is 0 Å². The fourth-order valence-electron chi connectivity index (χ4n) is 2.16. The van der Waals surface area contributed by atoms with E-state index >= 15 is 0 Å². The second-order valence-electron chi connectivity index (χ2n) is 4.72. The molecule has 0 aliphatic carbocycles. The van der Waals surface area contributed by atoms with E-state index in [0.717, 1.165) is 13.0 Å². The molecular weight excluding hydrogens is 290 g/mol. The first-order valence-corrected chi connectivity index (χ1v) is 6.72. The van der Waals surface area contributed by atoms with Gasteiger partial charge in [-0.1, -0.05) is 18.2 Å². The first-order chi connectivity index (χ1) is 9.72. The zero-order valence-electron chi connectivity index (χ0n) is 11.7. The maximum atomic E-state index is 12.1. The van der Waals surface area contributed by atoms with Gasteiger partial charge in [0.05, 0.1) is 17.2 Å². The predicted molar refractivity (Wildman–Crippen MR) is 85.8 cm³/mol. The summed E-state index contributed by atoms with van der Waals surface area (Å²) in [5.41, 5.74) is 1.01. The molecule has 1 aliphatic rings. The van der Waals surface area contributed by atoms with Gasteiger partial charge in [-0.05, 0) is 25.1 Å². The number of carbonyl (C=O) groups is 2. The summed E-state index contributed by atoms with van der Waals surface area (Å²) in [4.78, 5) is 24.1. The Balaban J connectivity index is 0.00000220. The minimum Gasteiger partial charge on any atom is -0.349 e. The van der Waals surface area contributed by atoms with Crippen molar-refractivity contribution in [2.75, 3.05) is 25.0 Å². The molecule has 3 N–H and O–H groups in total. The topological polar surface area (TPSA) is 70.2 Å². The van der Waals surface area contributed by atoms with Crippen LogP contribution in [0, 0.1) is 5.92 Å². The number of rotatable bonds is 5.